The molecule has 1 fully saturated rings. The lowest BCUT2D eigenvalue weighted by Gasteiger charge is -2.34. The maximum Gasteiger partial charge on any atom is 0.334 e. The van der Waals surface area contributed by atoms with E-state index < -0.39 is 5.41 Å². The molecule has 0 amide bonds. The molecule has 0 aliphatic carbocycles. The first-order valence-corrected chi connectivity index (χ1v) is 12.6. The number of morpholine rings is 1. The second kappa shape index (κ2) is 8.82. The van der Waals surface area contributed by atoms with Crippen molar-refractivity contribution in [3.8, 4) is 23.1 Å². The van der Waals surface area contributed by atoms with Gasteiger partial charge in [-0.3, -0.25) is 4.57 Å². The van der Waals surface area contributed by atoms with Gasteiger partial charge in [-0.25, -0.2) is 24.3 Å². The number of rotatable bonds is 4. The molecule has 0 spiro atoms. The van der Waals surface area contributed by atoms with Crippen LogP contribution in [-0.2, 0) is 17.2 Å². The number of nitrogens with zero attached hydrogens (tertiary/aromatic N) is 7. The maximum atomic E-state index is 13.7. The van der Waals surface area contributed by atoms with Crippen molar-refractivity contribution in [1.82, 2.24) is 29.1 Å². The second-order valence-corrected chi connectivity index (χ2v) is 10.2. The lowest BCUT2D eigenvalue weighted by molar-refractivity contribution is 0.0986. The molecule has 1 aliphatic rings. The van der Waals surface area contributed by atoms with Crippen molar-refractivity contribution in [3.63, 3.8) is 0 Å². The number of aryl methyl sites for hydroxylation is 1. The summed E-state index contributed by atoms with van der Waals surface area (Å²) in [6, 6.07) is 13.8. The summed E-state index contributed by atoms with van der Waals surface area (Å²) in [4.78, 5) is 33.5. The summed E-state index contributed by atoms with van der Waals surface area (Å²) < 4.78 is 8.92. The smallest absolute Gasteiger partial charge is 0.334 e. The molecule has 192 valence electrons. The van der Waals surface area contributed by atoms with E-state index >= 15 is 0 Å². The van der Waals surface area contributed by atoms with E-state index in [-0.39, 0.29) is 11.7 Å². The number of hydrogen-bond acceptors (Lipinski definition) is 7. The summed E-state index contributed by atoms with van der Waals surface area (Å²) in [6.07, 6.45) is 3.57. The number of nitriles is 1. The zero-order valence-corrected chi connectivity index (χ0v) is 21.8. The highest BCUT2D eigenvalue weighted by Crippen LogP contribution is 2.33. The highest BCUT2D eigenvalue weighted by Gasteiger charge is 2.28. The number of imidazole rings is 1. The number of fused-ring (bicyclic) bond motifs is 2. The van der Waals surface area contributed by atoms with Crippen LogP contribution in [0.2, 0.25) is 0 Å². The normalized spacial score (nSPS) is 16.3. The molecule has 0 saturated carbocycles. The van der Waals surface area contributed by atoms with E-state index in [1.807, 2.05) is 56.4 Å². The Morgan fingerprint density at radius 1 is 1.16 bits per heavy atom. The average molecular weight is 509 g/mol. The number of benzene rings is 1. The Bertz CT molecular complexity index is 1770. The van der Waals surface area contributed by atoms with Crippen molar-refractivity contribution in [1.29, 1.82) is 5.26 Å². The third-order valence-corrected chi connectivity index (χ3v) is 7.34. The van der Waals surface area contributed by atoms with E-state index in [1.54, 1.807) is 22.4 Å². The molecule has 1 aliphatic heterocycles. The Kier molecular flexibility index (Phi) is 5.54. The molecule has 10 heteroatoms. The van der Waals surface area contributed by atoms with Crippen LogP contribution in [0.15, 0.2) is 53.6 Å². The SMILES string of the molecule is C[C@@H]1COCCN1c1nc(-c2ccnc3[nH]ccc23)nc2c1n(C)c(=O)n2-c1ccc(C(C)(C)C#N)cc1. The first kappa shape index (κ1) is 23.9. The summed E-state index contributed by atoms with van der Waals surface area (Å²) >= 11 is 0. The van der Waals surface area contributed by atoms with Crippen molar-refractivity contribution < 1.29 is 4.74 Å². The quantitative estimate of drug-likeness (QED) is 0.393. The fourth-order valence-corrected chi connectivity index (χ4v) is 5.07. The molecule has 1 atom stereocenters. The molecule has 10 nitrogen and oxygen atoms in total. The Hall–Kier alpha value is -4.49. The molecule has 6 rings (SSSR count). The summed E-state index contributed by atoms with van der Waals surface area (Å²) in [6.45, 7) is 7.64. The van der Waals surface area contributed by atoms with Crippen LogP contribution in [0, 0.1) is 11.3 Å². The highest BCUT2D eigenvalue weighted by molar-refractivity contribution is 5.94. The number of nitrogens with one attached hydrogen (secondary N) is 1. The fraction of sp³-hybridized carbons (Fsp3) is 0.321. The minimum atomic E-state index is -0.638. The van der Waals surface area contributed by atoms with Gasteiger partial charge in [-0.1, -0.05) is 12.1 Å². The predicted octanol–water partition coefficient (Wildman–Crippen LogP) is 3.69. The van der Waals surface area contributed by atoms with E-state index in [4.69, 9.17) is 14.7 Å². The number of pyridine rings is 1. The minimum absolute atomic E-state index is 0.0744. The van der Waals surface area contributed by atoms with E-state index in [1.165, 1.54) is 0 Å². The lowest BCUT2D eigenvalue weighted by atomic mass is 9.86. The summed E-state index contributed by atoms with van der Waals surface area (Å²) in [7, 11) is 1.75. The number of hydrogen-bond donors (Lipinski definition) is 1. The zero-order valence-electron chi connectivity index (χ0n) is 21.8. The third-order valence-electron chi connectivity index (χ3n) is 7.34. The van der Waals surface area contributed by atoms with Gasteiger partial charge >= 0.3 is 5.69 Å². The Morgan fingerprint density at radius 3 is 2.68 bits per heavy atom. The molecule has 1 N–H and O–H groups in total. The Labute approximate surface area is 219 Å². The van der Waals surface area contributed by atoms with E-state index in [0.717, 1.165) is 22.2 Å². The van der Waals surface area contributed by atoms with Gasteiger partial charge in [0.1, 0.15) is 11.2 Å². The topological polar surface area (TPSA) is 118 Å². The highest BCUT2D eigenvalue weighted by atomic mass is 16.5. The van der Waals surface area contributed by atoms with Crippen LogP contribution in [0.3, 0.4) is 0 Å². The van der Waals surface area contributed by atoms with Crippen molar-refractivity contribution in [2.45, 2.75) is 32.2 Å². The molecule has 5 heterocycles. The van der Waals surface area contributed by atoms with Crippen molar-refractivity contribution in [2.24, 2.45) is 7.05 Å². The van der Waals surface area contributed by atoms with Gasteiger partial charge in [-0.2, -0.15) is 5.26 Å². The van der Waals surface area contributed by atoms with Crippen LogP contribution < -0.4 is 10.6 Å². The van der Waals surface area contributed by atoms with Gasteiger partial charge in [0.15, 0.2) is 17.3 Å². The monoisotopic (exact) mass is 508 g/mol. The van der Waals surface area contributed by atoms with Gasteiger partial charge < -0.3 is 14.6 Å². The zero-order chi connectivity index (χ0) is 26.6. The molecule has 4 aromatic heterocycles. The first-order valence-electron chi connectivity index (χ1n) is 12.6. The molecule has 0 bridgehead atoms. The number of aromatic amines is 1. The molecular weight excluding hydrogens is 480 g/mol. The number of aromatic nitrogens is 6. The predicted molar refractivity (Wildman–Crippen MR) is 145 cm³/mol. The molecule has 0 radical (unpaired) electrons. The molecular formula is C28H28N8O2. The van der Waals surface area contributed by atoms with E-state index in [0.29, 0.717) is 48.3 Å². The van der Waals surface area contributed by atoms with Crippen molar-refractivity contribution >= 4 is 28.0 Å². The first-order chi connectivity index (χ1) is 18.3. The van der Waals surface area contributed by atoms with Gasteiger partial charge in [-0.05, 0) is 50.6 Å². The van der Waals surface area contributed by atoms with Gasteiger partial charge in [0, 0.05) is 36.9 Å². The summed E-state index contributed by atoms with van der Waals surface area (Å²) in [5.41, 5.74) is 3.44. The summed E-state index contributed by atoms with van der Waals surface area (Å²) in [5, 5.41) is 10.5. The Morgan fingerprint density at radius 2 is 1.95 bits per heavy atom. The standard InChI is InChI=1S/C28H28N8O2/c1-17-15-38-14-13-35(17)25-22-26(33-24(32-25)21-10-12-31-23-20(21)9-11-30-23)36(27(37)34(22)4)19-7-5-18(6-8-19)28(2,3)16-29/h5-12,17H,13-15H2,1-4H3,(H,30,31)/t17-/m1/s1. The number of ether oxygens (including phenoxy) is 1. The third kappa shape index (κ3) is 3.66. The van der Waals surface area contributed by atoms with Gasteiger partial charge in [0.05, 0.1) is 36.4 Å². The van der Waals surface area contributed by atoms with Crippen LogP contribution in [0.5, 0.6) is 0 Å². The van der Waals surface area contributed by atoms with E-state index in [9.17, 15) is 10.1 Å². The van der Waals surface area contributed by atoms with Crippen LogP contribution in [0.4, 0.5) is 5.82 Å². The molecule has 5 aromatic rings. The average Bonchev–Trinajstić information content (AvgIpc) is 3.51. The molecule has 1 saturated heterocycles. The molecule has 0 unspecified atom stereocenters. The van der Waals surface area contributed by atoms with Crippen LogP contribution in [0.1, 0.15) is 26.3 Å². The second-order valence-electron chi connectivity index (χ2n) is 10.2. The number of H-pyrrole nitrogens is 1. The minimum Gasteiger partial charge on any atom is -0.377 e. The fourth-order valence-electron chi connectivity index (χ4n) is 5.07. The van der Waals surface area contributed by atoms with Crippen molar-refractivity contribution in [2.75, 3.05) is 24.7 Å². The van der Waals surface area contributed by atoms with Crippen molar-refractivity contribution in [3.05, 3.63) is 64.8 Å². The van der Waals surface area contributed by atoms with E-state index in [2.05, 4.69) is 27.9 Å². The van der Waals surface area contributed by atoms with Gasteiger partial charge in [0.2, 0.25) is 0 Å². The van der Waals surface area contributed by atoms with Crippen LogP contribution >= 0.6 is 0 Å². The molecule has 38 heavy (non-hydrogen) atoms. The largest absolute Gasteiger partial charge is 0.377 e. The van der Waals surface area contributed by atoms with Crippen LogP contribution in [0.25, 0.3) is 39.3 Å². The van der Waals surface area contributed by atoms with Gasteiger partial charge in [0.25, 0.3) is 0 Å². The summed E-state index contributed by atoms with van der Waals surface area (Å²) in [5.74, 6) is 1.21. The molecule has 1 aromatic carbocycles. The van der Waals surface area contributed by atoms with Gasteiger partial charge in [-0.15, -0.1) is 0 Å². The Balaban J connectivity index is 1.64. The van der Waals surface area contributed by atoms with Crippen LogP contribution in [-0.4, -0.2) is 54.9 Å². The maximum absolute atomic E-state index is 13.7. The number of anilines is 1. The lowest BCUT2D eigenvalue weighted by Crippen LogP contribution is -2.44.